The Morgan fingerprint density at radius 1 is 1.38 bits per heavy atom. The maximum absolute atomic E-state index is 13.5. The number of rotatable bonds is 6. The first-order chi connectivity index (χ1) is 10.1. The first-order valence-electron chi connectivity index (χ1n) is 6.74. The molecule has 1 aromatic heterocycles. The van der Waals surface area contributed by atoms with E-state index in [2.05, 4.69) is 5.32 Å². The van der Waals surface area contributed by atoms with E-state index in [-0.39, 0.29) is 5.82 Å². The number of hydrogen-bond acceptors (Lipinski definition) is 4. The summed E-state index contributed by atoms with van der Waals surface area (Å²) in [6, 6.07) is 10.0. The minimum atomic E-state index is -1.04. The largest absolute Gasteiger partial charge is 0.467 e. The summed E-state index contributed by atoms with van der Waals surface area (Å²) in [4.78, 5) is 13.4. The Morgan fingerprint density at radius 3 is 2.76 bits per heavy atom. The van der Waals surface area contributed by atoms with E-state index >= 15 is 0 Å². The van der Waals surface area contributed by atoms with Crippen molar-refractivity contribution in [3.8, 4) is 0 Å². The number of halogens is 1. The topological polar surface area (TPSA) is 38.3 Å². The molecule has 0 fully saturated rings. The van der Waals surface area contributed by atoms with E-state index in [1.165, 1.54) is 19.2 Å². The van der Waals surface area contributed by atoms with E-state index in [1.54, 1.807) is 23.5 Å². The SMILES string of the molecule is CCC(NCc1cccs1)(C(=O)OC)c1cccc(F)c1. The highest BCUT2D eigenvalue weighted by molar-refractivity contribution is 7.09. The highest BCUT2D eigenvalue weighted by atomic mass is 32.1. The number of thiophene rings is 1. The maximum Gasteiger partial charge on any atom is 0.330 e. The van der Waals surface area contributed by atoms with Crippen LogP contribution in [0.25, 0.3) is 0 Å². The molecule has 5 heteroatoms. The second-order valence-electron chi connectivity index (χ2n) is 4.69. The van der Waals surface area contributed by atoms with Crippen LogP contribution >= 0.6 is 11.3 Å². The van der Waals surface area contributed by atoms with Gasteiger partial charge >= 0.3 is 5.97 Å². The van der Waals surface area contributed by atoms with E-state index in [0.717, 1.165) is 4.88 Å². The smallest absolute Gasteiger partial charge is 0.330 e. The van der Waals surface area contributed by atoms with Gasteiger partial charge < -0.3 is 4.74 Å². The molecule has 21 heavy (non-hydrogen) atoms. The quantitative estimate of drug-likeness (QED) is 0.831. The Hall–Kier alpha value is -1.72. The number of ether oxygens (including phenoxy) is 1. The number of esters is 1. The highest BCUT2D eigenvalue weighted by Crippen LogP contribution is 2.28. The van der Waals surface area contributed by atoms with Crippen LogP contribution in [0, 0.1) is 5.82 Å². The summed E-state index contributed by atoms with van der Waals surface area (Å²) < 4.78 is 18.5. The van der Waals surface area contributed by atoms with E-state index in [4.69, 9.17) is 4.74 Å². The lowest BCUT2D eigenvalue weighted by Gasteiger charge is -2.31. The van der Waals surface area contributed by atoms with Crippen molar-refractivity contribution in [3.63, 3.8) is 0 Å². The van der Waals surface area contributed by atoms with Gasteiger partial charge in [0.05, 0.1) is 7.11 Å². The standard InChI is InChI=1S/C16H18FNO2S/c1-3-16(15(19)20-2,12-6-4-7-13(17)10-12)18-11-14-8-5-9-21-14/h4-10,18H,3,11H2,1-2H3. The minimum Gasteiger partial charge on any atom is -0.467 e. The zero-order chi connectivity index (χ0) is 15.3. The zero-order valence-corrected chi connectivity index (χ0v) is 12.9. The summed E-state index contributed by atoms with van der Waals surface area (Å²) >= 11 is 1.60. The molecule has 1 unspecified atom stereocenters. The van der Waals surface area contributed by atoms with Gasteiger partial charge in [-0.1, -0.05) is 25.1 Å². The molecule has 2 aromatic rings. The molecule has 0 bridgehead atoms. The number of hydrogen-bond donors (Lipinski definition) is 1. The Morgan fingerprint density at radius 2 is 2.19 bits per heavy atom. The molecular formula is C16H18FNO2S. The Labute approximate surface area is 127 Å². The molecule has 1 N–H and O–H groups in total. The Balaban J connectivity index is 2.35. The number of carbonyl (C=O) groups is 1. The molecule has 3 nitrogen and oxygen atoms in total. The van der Waals surface area contributed by atoms with Gasteiger partial charge in [-0.15, -0.1) is 11.3 Å². The van der Waals surface area contributed by atoms with Crippen molar-refractivity contribution in [3.05, 3.63) is 58.0 Å². The number of nitrogens with one attached hydrogen (secondary N) is 1. The average molecular weight is 307 g/mol. The van der Waals surface area contributed by atoms with Crippen molar-refractivity contribution >= 4 is 17.3 Å². The van der Waals surface area contributed by atoms with E-state index in [9.17, 15) is 9.18 Å². The average Bonchev–Trinajstić information content (AvgIpc) is 3.01. The third-order valence-corrected chi connectivity index (χ3v) is 4.40. The monoisotopic (exact) mass is 307 g/mol. The normalized spacial score (nSPS) is 13.7. The highest BCUT2D eigenvalue weighted by Gasteiger charge is 2.39. The lowest BCUT2D eigenvalue weighted by atomic mass is 9.87. The van der Waals surface area contributed by atoms with Gasteiger partial charge in [-0.25, -0.2) is 9.18 Å². The Bertz CT molecular complexity index is 600. The van der Waals surface area contributed by atoms with Crippen molar-refractivity contribution in [1.82, 2.24) is 5.32 Å². The summed E-state index contributed by atoms with van der Waals surface area (Å²) in [5.74, 6) is -0.778. The zero-order valence-electron chi connectivity index (χ0n) is 12.1. The van der Waals surface area contributed by atoms with Crippen LogP contribution in [0.4, 0.5) is 4.39 Å². The van der Waals surface area contributed by atoms with Crippen LogP contribution in [-0.2, 0) is 21.6 Å². The Kier molecular flexibility index (Phi) is 5.09. The fraction of sp³-hybridized carbons (Fsp3) is 0.312. The van der Waals surface area contributed by atoms with Crippen LogP contribution in [-0.4, -0.2) is 13.1 Å². The van der Waals surface area contributed by atoms with Crippen LogP contribution < -0.4 is 5.32 Å². The summed E-state index contributed by atoms with van der Waals surface area (Å²) in [5, 5.41) is 5.23. The van der Waals surface area contributed by atoms with Gasteiger partial charge in [0, 0.05) is 11.4 Å². The molecule has 1 atom stereocenters. The molecule has 1 heterocycles. The summed E-state index contributed by atoms with van der Waals surface area (Å²) in [7, 11) is 1.35. The molecule has 0 amide bonds. The lowest BCUT2D eigenvalue weighted by Crippen LogP contribution is -2.49. The predicted octanol–water partition coefficient (Wildman–Crippen LogP) is 3.46. The molecule has 0 radical (unpaired) electrons. The third-order valence-electron chi connectivity index (χ3n) is 3.53. The van der Waals surface area contributed by atoms with Gasteiger partial charge in [-0.05, 0) is 35.6 Å². The second kappa shape index (κ2) is 6.83. The fourth-order valence-corrected chi connectivity index (χ4v) is 2.99. The summed E-state index contributed by atoms with van der Waals surface area (Å²) in [5.41, 5.74) is -0.464. The maximum atomic E-state index is 13.5. The summed E-state index contributed by atoms with van der Waals surface area (Å²) in [6.45, 7) is 2.40. The summed E-state index contributed by atoms with van der Waals surface area (Å²) in [6.07, 6.45) is 0.467. The molecule has 0 saturated carbocycles. The minimum absolute atomic E-state index is 0.368. The van der Waals surface area contributed by atoms with Crippen LogP contribution in [0.15, 0.2) is 41.8 Å². The van der Waals surface area contributed by atoms with Crippen LogP contribution in [0.3, 0.4) is 0 Å². The molecular weight excluding hydrogens is 289 g/mol. The molecule has 112 valence electrons. The first-order valence-corrected chi connectivity index (χ1v) is 7.62. The van der Waals surface area contributed by atoms with E-state index < -0.39 is 11.5 Å². The number of carbonyl (C=O) groups excluding carboxylic acids is 1. The van der Waals surface area contributed by atoms with Gasteiger partial charge in [-0.2, -0.15) is 0 Å². The molecule has 1 aromatic carbocycles. The molecule has 0 aliphatic rings. The molecule has 0 aliphatic carbocycles. The predicted molar refractivity (Wildman–Crippen MR) is 81.5 cm³/mol. The van der Waals surface area contributed by atoms with Crippen molar-refractivity contribution in [1.29, 1.82) is 0 Å². The fourth-order valence-electron chi connectivity index (χ4n) is 2.34. The van der Waals surface area contributed by atoms with E-state index in [0.29, 0.717) is 18.5 Å². The number of benzene rings is 1. The second-order valence-corrected chi connectivity index (χ2v) is 5.73. The van der Waals surface area contributed by atoms with Gasteiger partial charge in [0.15, 0.2) is 0 Å². The molecule has 0 aliphatic heterocycles. The van der Waals surface area contributed by atoms with Crippen molar-refractivity contribution in [2.75, 3.05) is 7.11 Å². The molecule has 2 rings (SSSR count). The first kappa shape index (κ1) is 15.7. The van der Waals surface area contributed by atoms with Crippen molar-refractivity contribution in [2.24, 2.45) is 0 Å². The van der Waals surface area contributed by atoms with E-state index in [1.807, 2.05) is 24.4 Å². The van der Waals surface area contributed by atoms with Crippen LogP contribution in [0.2, 0.25) is 0 Å². The molecule has 0 saturated heterocycles. The van der Waals surface area contributed by atoms with Crippen molar-refractivity contribution < 1.29 is 13.9 Å². The lowest BCUT2D eigenvalue weighted by molar-refractivity contribution is -0.149. The van der Waals surface area contributed by atoms with Crippen LogP contribution in [0.5, 0.6) is 0 Å². The van der Waals surface area contributed by atoms with Gasteiger partial charge in [0.25, 0.3) is 0 Å². The van der Waals surface area contributed by atoms with Gasteiger partial charge in [-0.3, -0.25) is 5.32 Å². The van der Waals surface area contributed by atoms with Crippen LogP contribution in [0.1, 0.15) is 23.8 Å². The van der Waals surface area contributed by atoms with Gasteiger partial charge in [0.2, 0.25) is 0 Å². The third kappa shape index (κ3) is 3.31. The number of methoxy groups -OCH3 is 1. The van der Waals surface area contributed by atoms with Crippen molar-refractivity contribution in [2.45, 2.75) is 25.4 Å². The van der Waals surface area contributed by atoms with Gasteiger partial charge in [0.1, 0.15) is 11.4 Å². The molecule has 0 spiro atoms.